The molecule has 0 bridgehead atoms. The van der Waals surface area contributed by atoms with Gasteiger partial charge in [-0.25, -0.2) is 9.78 Å². The van der Waals surface area contributed by atoms with Crippen LogP contribution in [0.25, 0.3) is 0 Å². The Labute approximate surface area is 173 Å². The quantitative estimate of drug-likeness (QED) is 0.689. The van der Waals surface area contributed by atoms with Crippen LogP contribution in [0.2, 0.25) is 0 Å². The second kappa shape index (κ2) is 9.58. The summed E-state index contributed by atoms with van der Waals surface area (Å²) in [6.07, 6.45) is 6.05. The molecule has 29 heavy (non-hydrogen) atoms. The Morgan fingerprint density at radius 1 is 1.10 bits per heavy atom. The van der Waals surface area contributed by atoms with E-state index in [2.05, 4.69) is 25.9 Å². The molecule has 1 saturated carbocycles. The van der Waals surface area contributed by atoms with E-state index in [0.29, 0.717) is 24.5 Å². The fourth-order valence-electron chi connectivity index (χ4n) is 3.77. The van der Waals surface area contributed by atoms with Gasteiger partial charge in [-0.15, -0.1) is 0 Å². The standard InChI is InChI=1S/C22H32N6O/c1-15-6-5-7-16(2)20(15)27-22(29)24-14-17-8-10-18(11-9-17)25-21-23-13-12-19(26-21)28(3)4/h5-7,12-13,17-18H,8-11,14H2,1-4H3,(H,23,25,26)(H2,24,27,29)/t17-,18+. The Kier molecular flexibility index (Phi) is 6.90. The molecule has 0 radical (unpaired) electrons. The molecule has 3 rings (SSSR count). The van der Waals surface area contributed by atoms with Gasteiger partial charge in [-0.1, -0.05) is 18.2 Å². The molecule has 0 unspecified atom stereocenters. The molecule has 156 valence electrons. The number of nitrogens with one attached hydrogen (secondary N) is 3. The van der Waals surface area contributed by atoms with Gasteiger partial charge in [0.25, 0.3) is 0 Å². The van der Waals surface area contributed by atoms with Gasteiger partial charge in [-0.05, 0) is 62.6 Å². The van der Waals surface area contributed by atoms with E-state index in [9.17, 15) is 4.79 Å². The normalized spacial score (nSPS) is 18.8. The number of hydrogen-bond donors (Lipinski definition) is 3. The van der Waals surface area contributed by atoms with Crippen LogP contribution in [0.5, 0.6) is 0 Å². The van der Waals surface area contributed by atoms with Crippen molar-refractivity contribution >= 4 is 23.5 Å². The number of anilines is 3. The lowest BCUT2D eigenvalue weighted by atomic mass is 9.86. The van der Waals surface area contributed by atoms with Crippen LogP contribution in [0, 0.1) is 19.8 Å². The number of aryl methyl sites for hydroxylation is 2. The Balaban J connectivity index is 1.42. The predicted octanol–water partition coefficient (Wildman–Crippen LogP) is 3.95. The summed E-state index contributed by atoms with van der Waals surface area (Å²) >= 11 is 0. The highest BCUT2D eigenvalue weighted by Crippen LogP contribution is 2.26. The van der Waals surface area contributed by atoms with Gasteiger partial charge in [0, 0.05) is 38.6 Å². The molecule has 0 spiro atoms. The Hall–Kier alpha value is -2.83. The van der Waals surface area contributed by atoms with Gasteiger partial charge in [0.15, 0.2) is 0 Å². The second-order valence-electron chi connectivity index (χ2n) is 8.10. The van der Waals surface area contributed by atoms with Crippen molar-refractivity contribution in [1.29, 1.82) is 0 Å². The van der Waals surface area contributed by atoms with Crippen molar-refractivity contribution in [1.82, 2.24) is 15.3 Å². The van der Waals surface area contributed by atoms with Crippen molar-refractivity contribution in [2.45, 2.75) is 45.6 Å². The molecule has 7 nitrogen and oxygen atoms in total. The minimum atomic E-state index is -0.128. The SMILES string of the molecule is Cc1cccc(C)c1NC(=O)NC[C@H]1CC[C@@H](Nc2nccc(N(C)C)n2)CC1. The number of carbonyl (C=O) groups is 1. The molecular formula is C22H32N6O. The number of urea groups is 1. The fraction of sp³-hybridized carbons (Fsp3) is 0.500. The van der Waals surface area contributed by atoms with Crippen LogP contribution in [-0.2, 0) is 0 Å². The molecule has 1 heterocycles. The lowest BCUT2D eigenvalue weighted by molar-refractivity contribution is 0.246. The van der Waals surface area contributed by atoms with Crippen LogP contribution in [0.3, 0.4) is 0 Å². The average Bonchev–Trinajstić information content (AvgIpc) is 2.70. The summed E-state index contributed by atoms with van der Waals surface area (Å²) in [5.74, 6) is 2.09. The zero-order valence-corrected chi connectivity index (χ0v) is 17.8. The second-order valence-corrected chi connectivity index (χ2v) is 8.10. The molecule has 1 aliphatic rings. The number of carbonyl (C=O) groups excluding carboxylic acids is 1. The zero-order chi connectivity index (χ0) is 20.8. The maximum Gasteiger partial charge on any atom is 0.319 e. The topological polar surface area (TPSA) is 82.2 Å². The van der Waals surface area contributed by atoms with Gasteiger partial charge >= 0.3 is 6.03 Å². The molecule has 2 amide bonds. The first-order valence-electron chi connectivity index (χ1n) is 10.3. The number of para-hydroxylation sites is 1. The third kappa shape index (κ3) is 5.82. The van der Waals surface area contributed by atoms with Gasteiger partial charge in [-0.2, -0.15) is 4.98 Å². The zero-order valence-electron chi connectivity index (χ0n) is 17.8. The smallest absolute Gasteiger partial charge is 0.319 e. The lowest BCUT2D eigenvalue weighted by Crippen LogP contribution is -2.36. The first-order chi connectivity index (χ1) is 13.9. The number of aromatic nitrogens is 2. The minimum Gasteiger partial charge on any atom is -0.363 e. The highest BCUT2D eigenvalue weighted by atomic mass is 16.2. The maximum atomic E-state index is 12.3. The molecule has 1 aliphatic carbocycles. The van der Waals surface area contributed by atoms with Crippen LogP contribution in [0.1, 0.15) is 36.8 Å². The van der Waals surface area contributed by atoms with Crippen molar-refractivity contribution < 1.29 is 4.79 Å². The van der Waals surface area contributed by atoms with Gasteiger partial charge in [0.1, 0.15) is 5.82 Å². The Morgan fingerprint density at radius 3 is 2.45 bits per heavy atom. The Morgan fingerprint density at radius 2 is 1.79 bits per heavy atom. The molecule has 2 aromatic rings. The first-order valence-corrected chi connectivity index (χ1v) is 10.3. The molecule has 3 N–H and O–H groups in total. The van der Waals surface area contributed by atoms with Crippen LogP contribution in [0.15, 0.2) is 30.5 Å². The van der Waals surface area contributed by atoms with Gasteiger partial charge in [-0.3, -0.25) is 0 Å². The maximum absolute atomic E-state index is 12.3. The van der Waals surface area contributed by atoms with E-state index >= 15 is 0 Å². The largest absolute Gasteiger partial charge is 0.363 e. The first kappa shape index (κ1) is 20.9. The van der Waals surface area contributed by atoms with E-state index in [1.807, 2.05) is 57.1 Å². The number of nitrogens with zero attached hydrogens (tertiary/aromatic N) is 3. The monoisotopic (exact) mass is 396 g/mol. The van der Waals surface area contributed by atoms with Crippen molar-refractivity contribution in [2.24, 2.45) is 5.92 Å². The van der Waals surface area contributed by atoms with Crippen LogP contribution in [0.4, 0.5) is 22.2 Å². The van der Waals surface area contributed by atoms with Gasteiger partial charge < -0.3 is 20.9 Å². The third-order valence-corrected chi connectivity index (χ3v) is 5.55. The summed E-state index contributed by atoms with van der Waals surface area (Å²) in [7, 11) is 3.95. The summed E-state index contributed by atoms with van der Waals surface area (Å²) in [6.45, 7) is 4.72. The number of benzene rings is 1. The summed E-state index contributed by atoms with van der Waals surface area (Å²) in [4.78, 5) is 23.1. The number of rotatable bonds is 6. The molecule has 0 aliphatic heterocycles. The van der Waals surface area contributed by atoms with E-state index in [1.54, 1.807) is 6.20 Å². The van der Waals surface area contributed by atoms with E-state index < -0.39 is 0 Å². The molecule has 1 fully saturated rings. The van der Waals surface area contributed by atoms with Crippen molar-refractivity contribution in [3.8, 4) is 0 Å². The summed E-state index contributed by atoms with van der Waals surface area (Å²) in [5.41, 5.74) is 3.05. The molecule has 0 saturated heterocycles. The molecule has 0 atom stereocenters. The van der Waals surface area contributed by atoms with Crippen LogP contribution < -0.4 is 20.9 Å². The Bertz CT molecular complexity index is 810. The highest BCUT2D eigenvalue weighted by molar-refractivity contribution is 5.90. The highest BCUT2D eigenvalue weighted by Gasteiger charge is 2.22. The van der Waals surface area contributed by atoms with E-state index in [0.717, 1.165) is 48.3 Å². The van der Waals surface area contributed by atoms with Crippen LogP contribution >= 0.6 is 0 Å². The van der Waals surface area contributed by atoms with E-state index in [1.165, 1.54) is 0 Å². The predicted molar refractivity (Wildman–Crippen MR) is 119 cm³/mol. The fourth-order valence-corrected chi connectivity index (χ4v) is 3.77. The van der Waals surface area contributed by atoms with Gasteiger partial charge in [0.05, 0.1) is 0 Å². The molecule has 1 aromatic heterocycles. The molecule has 1 aromatic carbocycles. The summed E-state index contributed by atoms with van der Waals surface area (Å²) < 4.78 is 0. The molecule has 7 heteroatoms. The van der Waals surface area contributed by atoms with Crippen molar-refractivity contribution in [3.63, 3.8) is 0 Å². The van der Waals surface area contributed by atoms with E-state index in [-0.39, 0.29) is 6.03 Å². The molecular weight excluding hydrogens is 364 g/mol. The minimum absolute atomic E-state index is 0.128. The number of hydrogen-bond acceptors (Lipinski definition) is 5. The van der Waals surface area contributed by atoms with Crippen molar-refractivity contribution in [3.05, 3.63) is 41.6 Å². The van der Waals surface area contributed by atoms with E-state index in [4.69, 9.17) is 0 Å². The average molecular weight is 397 g/mol. The summed E-state index contributed by atoms with van der Waals surface area (Å²) in [6, 6.07) is 8.17. The third-order valence-electron chi connectivity index (χ3n) is 5.55. The van der Waals surface area contributed by atoms with Crippen LogP contribution in [-0.4, -0.2) is 42.7 Å². The van der Waals surface area contributed by atoms with Gasteiger partial charge in [0.2, 0.25) is 5.95 Å². The summed E-state index contributed by atoms with van der Waals surface area (Å²) in [5, 5.41) is 9.49. The lowest BCUT2D eigenvalue weighted by Gasteiger charge is -2.29. The number of amides is 2. The van der Waals surface area contributed by atoms with Crippen molar-refractivity contribution in [2.75, 3.05) is 36.2 Å².